The van der Waals surface area contributed by atoms with E-state index in [0.29, 0.717) is 4.77 Å². The first-order valence-corrected chi connectivity index (χ1v) is 6.24. The molecule has 0 atom stereocenters. The van der Waals surface area contributed by atoms with Gasteiger partial charge in [0.15, 0.2) is 10.4 Å². The highest BCUT2D eigenvalue weighted by atomic mass is 32.1. The van der Waals surface area contributed by atoms with E-state index in [2.05, 4.69) is 15.3 Å². The van der Waals surface area contributed by atoms with E-state index in [1.165, 1.54) is 0 Å². The number of aromatic amines is 1. The van der Waals surface area contributed by atoms with Crippen molar-refractivity contribution in [3.8, 4) is 11.3 Å². The maximum absolute atomic E-state index is 5.17. The summed E-state index contributed by atoms with van der Waals surface area (Å²) in [6.07, 6.45) is 3.73. The van der Waals surface area contributed by atoms with Gasteiger partial charge in [0, 0.05) is 18.0 Å². The molecule has 0 saturated carbocycles. The molecule has 4 rings (SSSR count). The molecule has 0 bridgehead atoms. The van der Waals surface area contributed by atoms with E-state index in [1.807, 2.05) is 57.7 Å². The lowest BCUT2D eigenvalue weighted by molar-refractivity contribution is 0.942. The van der Waals surface area contributed by atoms with Crippen LogP contribution in [0.2, 0.25) is 0 Å². The Kier molecular flexibility index (Phi) is 2.07. The minimum absolute atomic E-state index is 0.583. The summed E-state index contributed by atoms with van der Waals surface area (Å²) in [5, 5.41) is 11.6. The van der Waals surface area contributed by atoms with Crippen molar-refractivity contribution in [1.29, 1.82) is 0 Å². The third-order valence-corrected chi connectivity index (χ3v) is 3.38. The molecule has 4 aromatic rings. The van der Waals surface area contributed by atoms with Gasteiger partial charge in [-0.1, -0.05) is 30.3 Å². The van der Waals surface area contributed by atoms with Crippen LogP contribution in [0.1, 0.15) is 0 Å². The van der Waals surface area contributed by atoms with Gasteiger partial charge in [0.25, 0.3) is 0 Å². The fourth-order valence-electron chi connectivity index (χ4n) is 2.18. The normalized spacial score (nSPS) is 11.4. The molecule has 5 nitrogen and oxygen atoms in total. The first kappa shape index (κ1) is 10.5. The number of benzene rings is 1. The minimum Gasteiger partial charge on any atom is -0.272 e. The van der Waals surface area contributed by atoms with Crippen molar-refractivity contribution in [3.63, 3.8) is 0 Å². The van der Waals surface area contributed by atoms with E-state index in [9.17, 15) is 0 Å². The van der Waals surface area contributed by atoms with E-state index < -0.39 is 0 Å². The Labute approximate surface area is 113 Å². The number of rotatable bonds is 1. The third-order valence-electron chi connectivity index (χ3n) is 3.10. The molecule has 92 valence electrons. The molecule has 6 heteroatoms. The van der Waals surface area contributed by atoms with Crippen LogP contribution in [0.5, 0.6) is 0 Å². The van der Waals surface area contributed by atoms with E-state index in [0.717, 1.165) is 22.4 Å². The van der Waals surface area contributed by atoms with Crippen LogP contribution in [-0.2, 0) is 0 Å². The second-order valence-electron chi connectivity index (χ2n) is 4.25. The Morgan fingerprint density at radius 2 is 1.95 bits per heavy atom. The molecule has 0 fully saturated rings. The average molecular weight is 267 g/mol. The molecule has 0 radical (unpaired) electrons. The number of H-pyrrole nitrogens is 1. The molecule has 0 aliphatic carbocycles. The van der Waals surface area contributed by atoms with Gasteiger partial charge in [0.05, 0.1) is 5.69 Å². The molecule has 19 heavy (non-hydrogen) atoms. The van der Waals surface area contributed by atoms with Gasteiger partial charge in [-0.15, -0.1) is 0 Å². The van der Waals surface area contributed by atoms with Crippen molar-refractivity contribution in [2.24, 2.45) is 0 Å². The van der Waals surface area contributed by atoms with Crippen LogP contribution in [0.4, 0.5) is 0 Å². The van der Waals surface area contributed by atoms with Crippen molar-refractivity contribution in [2.45, 2.75) is 0 Å². The van der Waals surface area contributed by atoms with E-state index in [4.69, 9.17) is 12.2 Å². The predicted octanol–water partition coefficient (Wildman–Crippen LogP) is 2.71. The molecule has 1 aromatic carbocycles. The van der Waals surface area contributed by atoms with Crippen LogP contribution < -0.4 is 0 Å². The third kappa shape index (κ3) is 1.50. The lowest BCUT2D eigenvalue weighted by atomic mass is 10.1. The van der Waals surface area contributed by atoms with Gasteiger partial charge in [0.2, 0.25) is 0 Å². The lowest BCUT2D eigenvalue weighted by Gasteiger charge is -1.94. The molecule has 0 aliphatic rings. The highest BCUT2D eigenvalue weighted by Gasteiger charge is 2.08. The summed E-state index contributed by atoms with van der Waals surface area (Å²) in [4.78, 5) is 0. The Hall–Kier alpha value is -2.47. The first-order valence-electron chi connectivity index (χ1n) is 5.83. The second-order valence-corrected chi connectivity index (χ2v) is 4.63. The SMILES string of the molecule is S=c1[nH]nc2c3cc(-c4ccccc4)nn3ccn12. The van der Waals surface area contributed by atoms with Crippen molar-refractivity contribution < 1.29 is 0 Å². The summed E-state index contributed by atoms with van der Waals surface area (Å²) in [7, 11) is 0. The summed E-state index contributed by atoms with van der Waals surface area (Å²) in [6.45, 7) is 0. The maximum Gasteiger partial charge on any atom is 0.199 e. The quantitative estimate of drug-likeness (QED) is 0.539. The van der Waals surface area contributed by atoms with Crippen molar-refractivity contribution in [3.05, 3.63) is 53.6 Å². The summed E-state index contributed by atoms with van der Waals surface area (Å²) in [6, 6.07) is 12.1. The highest BCUT2D eigenvalue weighted by Crippen LogP contribution is 2.21. The summed E-state index contributed by atoms with van der Waals surface area (Å²) in [5.41, 5.74) is 3.71. The van der Waals surface area contributed by atoms with Gasteiger partial charge in [-0.25, -0.2) is 4.52 Å². The Morgan fingerprint density at radius 1 is 1.11 bits per heavy atom. The Morgan fingerprint density at radius 3 is 2.79 bits per heavy atom. The number of hydrogen-bond acceptors (Lipinski definition) is 3. The fraction of sp³-hybridized carbons (Fsp3) is 0. The maximum atomic E-state index is 5.17. The van der Waals surface area contributed by atoms with Gasteiger partial charge < -0.3 is 0 Å². The zero-order chi connectivity index (χ0) is 12.8. The van der Waals surface area contributed by atoms with Crippen LogP contribution in [0.3, 0.4) is 0 Å². The second kappa shape index (κ2) is 3.76. The molecule has 0 aliphatic heterocycles. The van der Waals surface area contributed by atoms with Gasteiger partial charge >= 0.3 is 0 Å². The molecule has 0 amide bonds. The zero-order valence-corrected chi connectivity index (χ0v) is 10.6. The fourth-order valence-corrected chi connectivity index (χ4v) is 2.37. The average Bonchev–Trinajstić information content (AvgIpc) is 3.03. The monoisotopic (exact) mass is 267 g/mol. The Bertz CT molecular complexity index is 932. The summed E-state index contributed by atoms with van der Waals surface area (Å²) < 4.78 is 4.23. The first-order chi connectivity index (χ1) is 9.33. The van der Waals surface area contributed by atoms with Gasteiger partial charge in [0.1, 0.15) is 5.52 Å². The van der Waals surface area contributed by atoms with Crippen molar-refractivity contribution in [1.82, 2.24) is 24.2 Å². The van der Waals surface area contributed by atoms with Gasteiger partial charge in [-0.05, 0) is 18.3 Å². The standard InChI is InChI=1S/C13H9N5S/c19-13-15-14-12-11-8-10(9-4-2-1-3-5-9)16-18(11)7-6-17(12)13/h1-8H,(H,15,19). The molecule has 0 saturated heterocycles. The Balaban J connectivity index is 2.06. The van der Waals surface area contributed by atoms with Gasteiger partial charge in [-0.2, -0.15) is 10.2 Å². The number of aromatic nitrogens is 5. The van der Waals surface area contributed by atoms with Crippen LogP contribution in [0.25, 0.3) is 22.4 Å². The number of hydrogen-bond donors (Lipinski definition) is 1. The van der Waals surface area contributed by atoms with Crippen LogP contribution >= 0.6 is 12.2 Å². The number of fused-ring (bicyclic) bond motifs is 3. The van der Waals surface area contributed by atoms with E-state index in [-0.39, 0.29) is 0 Å². The lowest BCUT2D eigenvalue weighted by Crippen LogP contribution is -1.92. The topological polar surface area (TPSA) is 50.4 Å². The predicted molar refractivity (Wildman–Crippen MR) is 74.6 cm³/mol. The number of nitrogens with zero attached hydrogens (tertiary/aromatic N) is 4. The largest absolute Gasteiger partial charge is 0.272 e. The summed E-state index contributed by atoms with van der Waals surface area (Å²) in [5.74, 6) is 0. The van der Waals surface area contributed by atoms with Crippen LogP contribution in [0.15, 0.2) is 48.8 Å². The molecular weight excluding hydrogens is 258 g/mol. The van der Waals surface area contributed by atoms with Crippen molar-refractivity contribution in [2.75, 3.05) is 0 Å². The molecule has 0 unspecified atom stereocenters. The smallest absolute Gasteiger partial charge is 0.199 e. The number of nitrogens with one attached hydrogen (secondary N) is 1. The molecule has 3 aromatic heterocycles. The molecule has 1 N–H and O–H groups in total. The minimum atomic E-state index is 0.583. The summed E-state index contributed by atoms with van der Waals surface area (Å²) >= 11 is 5.17. The zero-order valence-electron chi connectivity index (χ0n) is 9.82. The molecular formula is C13H9N5S. The van der Waals surface area contributed by atoms with Crippen LogP contribution in [-0.4, -0.2) is 24.2 Å². The highest BCUT2D eigenvalue weighted by molar-refractivity contribution is 7.71. The van der Waals surface area contributed by atoms with Crippen molar-refractivity contribution >= 4 is 23.4 Å². The molecule has 0 spiro atoms. The van der Waals surface area contributed by atoms with E-state index >= 15 is 0 Å². The van der Waals surface area contributed by atoms with Crippen LogP contribution in [0, 0.1) is 4.77 Å². The van der Waals surface area contributed by atoms with E-state index in [1.54, 1.807) is 0 Å². The van der Waals surface area contributed by atoms with Gasteiger partial charge in [-0.3, -0.25) is 9.50 Å². The molecule has 3 heterocycles.